The summed E-state index contributed by atoms with van der Waals surface area (Å²) in [5, 5.41) is 19.0. The number of benzene rings is 1. The van der Waals surface area contributed by atoms with Crippen molar-refractivity contribution in [1.82, 2.24) is 25.2 Å². The number of aliphatic carboxylic acids is 1. The maximum Gasteiger partial charge on any atom is 0.408 e. The molecule has 222 valence electrons. The monoisotopic (exact) mass is 585 g/mol. The normalized spacial score (nSPS) is 23.1. The van der Waals surface area contributed by atoms with Gasteiger partial charge in [-0.2, -0.15) is 18.3 Å². The molecule has 10 nitrogen and oxygen atoms in total. The van der Waals surface area contributed by atoms with Crippen molar-refractivity contribution in [2.24, 2.45) is 23.2 Å². The Balaban J connectivity index is 1.25. The molecule has 0 bridgehead atoms. The van der Waals surface area contributed by atoms with Gasteiger partial charge in [0, 0.05) is 12.8 Å². The molecule has 2 unspecified atom stereocenters. The molecule has 3 fully saturated rings. The number of amides is 2. The number of alkyl halides is 3. The zero-order valence-electron chi connectivity index (χ0n) is 22.5. The Morgan fingerprint density at radius 3 is 2.40 bits per heavy atom. The molecule has 2 aromatic heterocycles. The first-order valence-corrected chi connectivity index (χ1v) is 14.0. The lowest BCUT2D eigenvalue weighted by Gasteiger charge is -2.26. The molecule has 0 radical (unpaired) electrons. The molecular formula is C29H30F3N5O5. The number of nitrogens with zero attached hydrogens (tertiary/aromatic N) is 3. The molecule has 1 saturated heterocycles. The van der Waals surface area contributed by atoms with Crippen LogP contribution in [0.2, 0.25) is 0 Å². The van der Waals surface area contributed by atoms with Gasteiger partial charge < -0.3 is 20.5 Å². The number of hydrogen-bond donors (Lipinski definition) is 3. The second kappa shape index (κ2) is 10.6. The number of aromatic nitrogens is 3. The average Bonchev–Trinajstić information content (AvgIpc) is 3.88. The van der Waals surface area contributed by atoms with E-state index in [0.29, 0.717) is 23.2 Å². The van der Waals surface area contributed by atoms with Gasteiger partial charge in [0.05, 0.1) is 23.6 Å². The molecule has 42 heavy (non-hydrogen) atoms. The summed E-state index contributed by atoms with van der Waals surface area (Å²) in [6.07, 6.45) is -0.911. The third-order valence-electron chi connectivity index (χ3n) is 8.50. The minimum atomic E-state index is -4.77. The Morgan fingerprint density at radius 2 is 1.81 bits per heavy atom. The van der Waals surface area contributed by atoms with Crippen LogP contribution in [0, 0.1) is 23.2 Å². The van der Waals surface area contributed by atoms with Gasteiger partial charge in [0.1, 0.15) is 12.6 Å². The van der Waals surface area contributed by atoms with Crippen LogP contribution in [0.15, 0.2) is 48.7 Å². The van der Waals surface area contributed by atoms with Gasteiger partial charge in [-0.25, -0.2) is 14.3 Å². The molecular weight excluding hydrogens is 555 g/mol. The van der Waals surface area contributed by atoms with Crippen molar-refractivity contribution in [3.05, 3.63) is 65.6 Å². The van der Waals surface area contributed by atoms with Gasteiger partial charge in [-0.05, 0) is 61.1 Å². The van der Waals surface area contributed by atoms with Crippen LogP contribution in [-0.2, 0) is 27.4 Å². The first-order valence-electron chi connectivity index (χ1n) is 14.0. The van der Waals surface area contributed by atoms with E-state index in [4.69, 9.17) is 9.72 Å². The fourth-order valence-electron chi connectivity index (χ4n) is 6.04. The number of halogens is 3. The molecule has 2 aliphatic carbocycles. The van der Waals surface area contributed by atoms with Gasteiger partial charge in [0.15, 0.2) is 11.1 Å². The summed E-state index contributed by atoms with van der Waals surface area (Å²) in [4.78, 5) is 42.2. The van der Waals surface area contributed by atoms with Gasteiger partial charge in [-0.15, -0.1) is 0 Å². The van der Waals surface area contributed by atoms with Crippen LogP contribution < -0.4 is 10.6 Å². The van der Waals surface area contributed by atoms with Crippen LogP contribution in [0.3, 0.4) is 0 Å². The quantitative estimate of drug-likeness (QED) is 0.304. The molecule has 1 aromatic carbocycles. The minimum absolute atomic E-state index is 0.112. The number of rotatable bonds is 10. The van der Waals surface area contributed by atoms with Gasteiger partial charge in [0.25, 0.3) is 0 Å². The maximum atomic E-state index is 13.3. The predicted molar refractivity (Wildman–Crippen MR) is 141 cm³/mol. The SMILES string of the molecule is O=C(NC(c1cn2nc(CC3(C(=O)O)C[C@@H](C(F)(F)F)NC3=O)ccc2n1)C(C1CC1)C1CC1)OCc1ccccc1. The van der Waals surface area contributed by atoms with Gasteiger partial charge in [0.2, 0.25) is 5.91 Å². The van der Waals surface area contributed by atoms with E-state index in [9.17, 15) is 32.7 Å². The second-order valence-corrected chi connectivity index (χ2v) is 11.6. The Morgan fingerprint density at radius 1 is 1.12 bits per heavy atom. The van der Waals surface area contributed by atoms with Crippen molar-refractivity contribution in [2.45, 2.75) is 63.4 Å². The summed E-state index contributed by atoms with van der Waals surface area (Å²) in [5.41, 5.74) is -0.355. The van der Waals surface area contributed by atoms with E-state index in [2.05, 4.69) is 10.4 Å². The molecule has 0 spiro atoms. The summed E-state index contributed by atoms with van der Waals surface area (Å²) in [5.74, 6) is -1.78. The van der Waals surface area contributed by atoms with Crippen molar-refractivity contribution in [1.29, 1.82) is 0 Å². The highest BCUT2D eigenvalue weighted by molar-refractivity contribution is 6.04. The molecule has 3 heterocycles. The maximum absolute atomic E-state index is 13.3. The number of carboxylic acids is 1. The van der Waals surface area contributed by atoms with Crippen LogP contribution in [-0.4, -0.2) is 49.9 Å². The summed E-state index contributed by atoms with van der Waals surface area (Å²) in [7, 11) is 0. The number of imidazole rings is 1. The zero-order valence-corrected chi connectivity index (χ0v) is 22.5. The van der Waals surface area contributed by atoms with Gasteiger partial charge in [-0.3, -0.25) is 9.59 Å². The van der Waals surface area contributed by atoms with E-state index in [0.717, 1.165) is 31.2 Å². The Kier molecular flexibility index (Phi) is 7.06. The molecule has 3 aliphatic rings. The molecule has 13 heteroatoms. The van der Waals surface area contributed by atoms with Crippen LogP contribution in [0.1, 0.15) is 55.1 Å². The van der Waals surface area contributed by atoms with E-state index in [1.807, 2.05) is 30.3 Å². The minimum Gasteiger partial charge on any atom is -0.480 e. The zero-order chi connectivity index (χ0) is 29.6. The van der Waals surface area contributed by atoms with Crippen molar-refractivity contribution in [3.63, 3.8) is 0 Å². The molecule has 1 aliphatic heterocycles. The molecule has 3 N–H and O–H groups in total. The highest BCUT2D eigenvalue weighted by Crippen LogP contribution is 2.54. The largest absolute Gasteiger partial charge is 0.480 e. The van der Waals surface area contributed by atoms with Crippen molar-refractivity contribution < 1.29 is 37.4 Å². The van der Waals surface area contributed by atoms with Crippen LogP contribution >= 0.6 is 0 Å². The van der Waals surface area contributed by atoms with Crippen molar-refractivity contribution in [2.75, 3.05) is 0 Å². The van der Waals surface area contributed by atoms with Crippen LogP contribution in [0.4, 0.5) is 18.0 Å². The summed E-state index contributed by atoms with van der Waals surface area (Å²) < 4.78 is 46.8. The first kappa shape index (κ1) is 28.0. The third kappa shape index (κ3) is 5.64. The van der Waals surface area contributed by atoms with E-state index < -0.39 is 54.5 Å². The molecule has 3 aromatic rings. The molecule has 6 rings (SSSR count). The number of alkyl carbamates (subject to hydrolysis) is 1. The topological polar surface area (TPSA) is 135 Å². The van der Waals surface area contributed by atoms with Crippen LogP contribution in [0.5, 0.6) is 0 Å². The number of nitrogens with one attached hydrogen (secondary N) is 2. The fourth-order valence-corrected chi connectivity index (χ4v) is 6.04. The van der Waals surface area contributed by atoms with Gasteiger partial charge >= 0.3 is 18.2 Å². The smallest absolute Gasteiger partial charge is 0.408 e. The lowest BCUT2D eigenvalue weighted by molar-refractivity contribution is -0.158. The third-order valence-corrected chi connectivity index (χ3v) is 8.50. The Labute approximate surface area is 238 Å². The predicted octanol–water partition coefficient (Wildman–Crippen LogP) is 4.20. The van der Waals surface area contributed by atoms with E-state index in [1.165, 1.54) is 10.6 Å². The van der Waals surface area contributed by atoms with E-state index in [-0.39, 0.29) is 18.2 Å². The number of carboxylic acid groups (broad SMARTS) is 1. The molecule has 3 atom stereocenters. The average molecular weight is 586 g/mol. The first-order chi connectivity index (χ1) is 20.0. The standard InChI is InChI=1S/C29H30F3N5O5/c30-29(31,32)21-13-28(26(39)40,25(38)34-21)12-19-10-11-22-33-20(14-37(22)36-19)24(23(17-6-7-17)18-8-9-18)35-27(41)42-15-16-4-2-1-3-5-16/h1-5,10-11,14,17-18,21,23-24H,6-9,12-13,15H2,(H,34,38)(H,35,41)(H,39,40)/t21-,24?,28?/m0/s1. The number of fused-ring (bicyclic) bond motifs is 1. The number of carbonyl (C=O) groups excluding carboxylic acids is 2. The van der Waals surface area contributed by atoms with E-state index >= 15 is 0 Å². The second-order valence-electron chi connectivity index (χ2n) is 11.6. The highest BCUT2D eigenvalue weighted by Gasteiger charge is 2.59. The van der Waals surface area contributed by atoms with Crippen LogP contribution in [0.25, 0.3) is 5.65 Å². The molecule has 2 saturated carbocycles. The highest BCUT2D eigenvalue weighted by atomic mass is 19.4. The Bertz CT molecular complexity index is 1490. The van der Waals surface area contributed by atoms with Gasteiger partial charge in [-0.1, -0.05) is 30.3 Å². The summed E-state index contributed by atoms with van der Waals surface area (Å²) in [6, 6.07) is 9.66. The van der Waals surface area contributed by atoms with Crippen molar-refractivity contribution in [3.8, 4) is 0 Å². The summed E-state index contributed by atoms with van der Waals surface area (Å²) >= 11 is 0. The lowest BCUT2D eigenvalue weighted by Crippen LogP contribution is -2.41. The number of carbonyl (C=O) groups is 3. The summed E-state index contributed by atoms with van der Waals surface area (Å²) in [6.45, 7) is 0.112. The van der Waals surface area contributed by atoms with Crippen molar-refractivity contribution >= 4 is 23.6 Å². The number of hydrogen-bond acceptors (Lipinski definition) is 6. The fraction of sp³-hybridized carbons (Fsp3) is 0.483. The lowest BCUT2D eigenvalue weighted by atomic mass is 9.80. The van der Waals surface area contributed by atoms with E-state index in [1.54, 1.807) is 17.6 Å². The molecule has 2 amide bonds. The number of ether oxygens (including phenoxy) is 1. The Hall–Kier alpha value is -4.16.